The van der Waals surface area contributed by atoms with E-state index in [1.165, 1.54) is 0 Å². The smallest absolute Gasteiger partial charge is 0.340 e. The number of aromatic nitrogens is 1. The average Bonchev–Trinajstić information content (AvgIpc) is 3.33. The molecule has 0 radical (unpaired) electrons. The number of ether oxygens (including phenoxy) is 1. The minimum atomic E-state index is -0.648. The quantitative estimate of drug-likeness (QED) is 0.369. The molecule has 0 aliphatic heterocycles. The molecule has 1 aromatic heterocycles. The van der Waals surface area contributed by atoms with Gasteiger partial charge in [0.2, 0.25) is 0 Å². The van der Waals surface area contributed by atoms with Gasteiger partial charge in [-0.3, -0.25) is 4.79 Å². The van der Waals surface area contributed by atoms with Crippen LogP contribution >= 0.6 is 0 Å². The van der Waals surface area contributed by atoms with E-state index in [9.17, 15) is 9.59 Å². The fraction of sp³-hybridized carbons (Fsp3) is 0.143. The minimum Gasteiger partial charge on any atom is -0.456 e. The number of carbonyl (C=O) groups excluding carboxylic acids is 2. The van der Waals surface area contributed by atoms with Crippen molar-refractivity contribution in [3.8, 4) is 16.8 Å². The Hall–Kier alpha value is -4.12. The molecule has 1 N–H and O–H groups in total. The molecule has 0 saturated heterocycles. The highest BCUT2D eigenvalue weighted by Gasteiger charge is 2.22. The Bertz CT molecular complexity index is 1250. The Balaban J connectivity index is 1.64. The summed E-state index contributed by atoms with van der Waals surface area (Å²) in [4.78, 5) is 25.9. The normalized spacial score (nSPS) is 11.1. The largest absolute Gasteiger partial charge is 0.456 e. The van der Waals surface area contributed by atoms with Crippen LogP contribution in [0, 0.1) is 0 Å². The number of hydrogen-bond acceptors (Lipinski definition) is 3. The van der Waals surface area contributed by atoms with E-state index in [0.717, 1.165) is 16.8 Å². The summed E-state index contributed by atoms with van der Waals surface area (Å²) in [5, 5.41) is 2.91. The lowest BCUT2D eigenvalue weighted by Crippen LogP contribution is -2.25. The SMILES string of the molecule is CC(C)(C)OC(=O)c1ccc(-c2ccccc2)cc1NC(=O)c1ccc(-n2cccc2)cc1. The van der Waals surface area contributed by atoms with Crippen LogP contribution in [-0.4, -0.2) is 22.0 Å². The third-order valence-corrected chi connectivity index (χ3v) is 5.03. The molecular weight excluding hydrogens is 412 g/mol. The summed E-state index contributed by atoms with van der Waals surface area (Å²) in [6, 6.07) is 26.3. The van der Waals surface area contributed by atoms with Gasteiger partial charge in [0, 0.05) is 23.6 Å². The predicted molar refractivity (Wildman–Crippen MR) is 131 cm³/mol. The number of anilines is 1. The van der Waals surface area contributed by atoms with E-state index in [1.54, 1.807) is 24.3 Å². The Morgan fingerprint density at radius 2 is 1.45 bits per heavy atom. The van der Waals surface area contributed by atoms with Crippen LogP contribution in [0.1, 0.15) is 41.5 Å². The van der Waals surface area contributed by atoms with Crippen molar-refractivity contribution < 1.29 is 14.3 Å². The maximum absolute atomic E-state index is 13.0. The number of benzene rings is 3. The van der Waals surface area contributed by atoms with Crippen molar-refractivity contribution in [2.75, 3.05) is 5.32 Å². The molecule has 1 amide bonds. The molecule has 1 heterocycles. The molecule has 4 aromatic rings. The van der Waals surface area contributed by atoms with Gasteiger partial charge in [-0.05, 0) is 80.4 Å². The molecule has 3 aromatic carbocycles. The van der Waals surface area contributed by atoms with Gasteiger partial charge in [-0.25, -0.2) is 4.79 Å². The zero-order chi connectivity index (χ0) is 23.4. The molecule has 5 heteroatoms. The fourth-order valence-corrected chi connectivity index (χ4v) is 3.45. The lowest BCUT2D eigenvalue weighted by Gasteiger charge is -2.21. The van der Waals surface area contributed by atoms with E-state index in [1.807, 2.05) is 98.4 Å². The number of rotatable bonds is 5. The first-order valence-corrected chi connectivity index (χ1v) is 10.8. The number of amides is 1. The molecule has 4 rings (SSSR count). The summed E-state index contributed by atoms with van der Waals surface area (Å²) in [6.45, 7) is 5.44. The van der Waals surface area contributed by atoms with E-state index in [4.69, 9.17) is 4.74 Å². The van der Waals surface area contributed by atoms with E-state index < -0.39 is 11.6 Å². The van der Waals surface area contributed by atoms with Crippen molar-refractivity contribution >= 4 is 17.6 Å². The number of nitrogens with zero attached hydrogens (tertiary/aromatic N) is 1. The van der Waals surface area contributed by atoms with Gasteiger partial charge >= 0.3 is 5.97 Å². The number of carbonyl (C=O) groups is 2. The van der Waals surface area contributed by atoms with Gasteiger partial charge in [0.15, 0.2) is 0 Å². The summed E-state index contributed by atoms with van der Waals surface area (Å²) in [7, 11) is 0. The Labute approximate surface area is 193 Å². The highest BCUT2D eigenvalue weighted by atomic mass is 16.6. The van der Waals surface area contributed by atoms with Gasteiger partial charge in [0.1, 0.15) is 5.60 Å². The van der Waals surface area contributed by atoms with E-state index in [2.05, 4.69) is 5.32 Å². The van der Waals surface area contributed by atoms with Crippen molar-refractivity contribution in [2.24, 2.45) is 0 Å². The maximum Gasteiger partial charge on any atom is 0.340 e. The first-order chi connectivity index (χ1) is 15.8. The molecule has 0 spiro atoms. The van der Waals surface area contributed by atoms with Crippen molar-refractivity contribution in [3.63, 3.8) is 0 Å². The summed E-state index contributed by atoms with van der Waals surface area (Å²) < 4.78 is 7.53. The molecule has 0 unspecified atom stereocenters. The second-order valence-electron chi connectivity index (χ2n) is 8.72. The Morgan fingerprint density at radius 3 is 2.09 bits per heavy atom. The zero-order valence-corrected chi connectivity index (χ0v) is 18.9. The zero-order valence-electron chi connectivity index (χ0n) is 18.9. The fourth-order valence-electron chi connectivity index (χ4n) is 3.45. The van der Waals surface area contributed by atoms with Crippen LogP contribution in [0.3, 0.4) is 0 Å². The summed E-state index contributed by atoms with van der Waals surface area (Å²) in [6.07, 6.45) is 3.88. The lowest BCUT2D eigenvalue weighted by molar-refractivity contribution is 0.00708. The second-order valence-corrected chi connectivity index (χ2v) is 8.72. The molecule has 0 atom stereocenters. The highest BCUT2D eigenvalue weighted by Crippen LogP contribution is 2.28. The maximum atomic E-state index is 13.0. The van der Waals surface area contributed by atoms with Gasteiger partial charge in [-0.15, -0.1) is 0 Å². The Kier molecular flexibility index (Phi) is 6.13. The number of nitrogens with one attached hydrogen (secondary N) is 1. The molecule has 33 heavy (non-hydrogen) atoms. The monoisotopic (exact) mass is 438 g/mol. The molecule has 0 aliphatic rings. The molecular formula is C28H26N2O3. The van der Waals surface area contributed by atoms with Gasteiger partial charge in [-0.1, -0.05) is 36.4 Å². The van der Waals surface area contributed by atoms with Crippen LogP contribution in [0.4, 0.5) is 5.69 Å². The summed E-state index contributed by atoms with van der Waals surface area (Å²) in [5.74, 6) is -0.788. The van der Waals surface area contributed by atoms with Crippen molar-refractivity contribution in [3.05, 3.63) is 108 Å². The standard InChI is InChI=1S/C28H26N2O3/c1-28(2,3)33-27(32)24-16-13-22(20-9-5-4-6-10-20)19-25(24)29-26(31)21-11-14-23(15-12-21)30-17-7-8-18-30/h4-19H,1-3H3,(H,29,31). The van der Waals surface area contributed by atoms with E-state index in [-0.39, 0.29) is 5.91 Å². The van der Waals surface area contributed by atoms with Gasteiger partial charge < -0.3 is 14.6 Å². The van der Waals surface area contributed by atoms with E-state index in [0.29, 0.717) is 16.8 Å². The second kappa shape index (κ2) is 9.17. The molecule has 0 aliphatic carbocycles. The number of hydrogen-bond donors (Lipinski definition) is 1. The molecule has 5 nitrogen and oxygen atoms in total. The van der Waals surface area contributed by atoms with Crippen LogP contribution < -0.4 is 5.32 Å². The van der Waals surface area contributed by atoms with Crippen molar-refractivity contribution in [1.82, 2.24) is 4.57 Å². The summed E-state index contributed by atoms with van der Waals surface area (Å²) in [5.41, 5.74) is 3.39. The minimum absolute atomic E-state index is 0.302. The average molecular weight is 439 g/mol. The van der Waals surface area contributed by atoms with Gasteiger partial charge in [0.25, 0.3) is 5.91 Å². The lowest BCUT2D eigenvalue weighted by atomic mass is 10.0. The third kappa shape index (κ3) is 5.39. The van der Waals surface area contributed by atoms with Crippen LogP contribution in [0.15, 0.2) is 97.3 Å². The highest BCUT2D eigenvalue weighted by molar-refractivity contribution is 6.08. The molecule has 0 fully saturated rings. The van der Waals surface area contributed by atoms with Crippen LogP contribution in [0.5, 0.6) is 0 Å². The van der Waals surface area contributed by atoms with Gasteiger partial charge in [-0.2, -0.15) is 0 Å². The van der Waals surface area contributed by atoms with Crippen LogP contribution in [0.25, 0.3) is 16.8 Å². The first-order valence-electron chi connectivity index (χ1n) is 10.8. The molecule has 0 bridgehead atoms. The van der Waals surface area contributed by atoms with E-state index >= 15 is 0 Å². The van der Waals surface area contributed by atoms with Crippen molar-refractivity contribution in [2.45, 2.75) is 26.4 Å². The first kappa shape index (κ1) is 22.1. The predicted octanol–water partition coefficient (Wildman–Crippen LogP) is 6.35. The third-order valence-electron chi connectivity index (χ3n) is 5.03. The van der Waals surface area contributed by atoms with Crippen molar-refractivity contribution in [1.29, 1.82) is 0 Å². The molecule has 166 valence electrons. The van der Waals surface area contributed by atoms with Crippen LogP contribution in [0.2, 0.25) is 0 Å². The van der Waals surface area contributed by atoms with Gasteiger partial charge in [0.05, 0.1) is 11.3 Å². The number of esters is 1. The molecule has 0 saturated carbocycles. The Morgan fingerprint density at radius 1 is 0.788 bits per heavy atom. The topological polar surface area (TPSA) is 60.3 Å². The van der Waals surface area contributed by atoms with Crippen LogP contribution in [-0.2, 0) is 4.74 Å². The summed E-state index contributed by atoms with van der Waals surface area (Å²) >= 11 is 0.